The normalized spacial score (nSPS) is 27.6. The first-order valence-electron chi connectivity index (χ1n) is 7.38. The van der Waals surface area contributed by atoms with E-state index in [2.05, 4.69) is 5.32 Å². The van der Waals surface area contributed by atoms with Crippen LogP contribution in [0.3, 0.4) is 0 Å². The van der Waals surface area contributed by atoms with Crippen LogP contribution in [0.4, 0.5) is 5.00 Å². The molecule has 1 amide bonds. The summed E-state index contributed by atoms with van der Waals surface area (Å²) in [6, 6.07) is 2.69. The largest absolute Gasteiger partial charge is 0.336 e. The standard InChI is InChI=1S/C14H19N3O3S/c1-2-16(12-6-10-3-4-11(7-12)15-10)14(18)9-5-13(17(19)20)21-8-9/h5,8,10-12,15H,2-4,6-7H2,1H3. The predicted octanol–water partition coefficient (Wildman–Crippen LogP) is 2.40. The SMILES string of the molecule is CCN(C(=O)c1csc([N+](=O)[O-])c1)C1CC2CCC(C1)N2. The fourth-order valence-corrected chi connectivity index (χ4v) is 4.25. The molecule has 0 spiro atoms. The number of nitrogens with one attached hydrogen (secondary N) is 1. The van der Waals surface area contributed by atoms with Crippen molar-refractivity contribution in [1.82, 2.24) is 10.2 Å². The van der Waals surface area contributed by atoms with Gasteiger partial charge < -0.3 is 10.2 Å². The van der Waals surface area contributed by atoms with E-state index in [0.29, 0.717) is 24.2 Å². The van der Waals surface area contributed by atoms with Crippen molar-refractivity contribution in [3.05, 3.63) is 27.1 Å². The maximum atomic E-state index is 12.6. The molecule has 3 rings (SSSR count). The van der Waals surface area contributed by atoms with E-state index in [1.807, 2.05) is 11.8 Å². The number of amides is 1. The second-order valence-corrected chi connectivity index (χ2v) is 6.67. The number of rotatable bonds is 4. The van der Waals surface area contributed by atoms with Gasteiger partial charge in [0.05, 0.1) is 10.5 Å². The third-order valence-corrected chi connectivity index (χ3v) is 5.38. The Morgan fingerprint density at radius 3 is 2.67 bits per heavy atom. The molecule has 2 saturated heterocycles. The summed E-state index contributed by atoms with van der Waals surface area (Å²) in [7, 11) is 0. The molecule has 3 heterocycles. The van der Waals surface area contributed by atoms with E-state index in [-0.39, 0.29) is 17.0 Å². The first kappa shape index (κ1) is 14.5. The van der Waals surface area contributed by atoms with Gasteiger partial charge in [-0.1, -0.05) is 11.3 Å². The van der Waals surface area contributed by atoms with Crippen LogP contribution in [0.15, 0.2) is 11.4 Å². The lowest BCUT2D eigenvalue weighted by atomic mass is 9.97. The van der Waals surface area contributed by atoms with Gasteiger partial charge in [0.2, 0.25) is 0 Å². The molecule has 1 aromatic heterocycles. The summed E-state index contributed by atoms with van der Waals surface area (Å²) >= 11 is 1.02. The van der Waals surface area contributed by atoms with Crippen molar-refractivity contribution in [3.63, 3.8) is 0 Å². The van der Waals surface area contributed by atoms with E-state index in [9.17, 15) is 14.9 Å². The lowest BCUT2D eigenvalue weighted by molar-refractivity contribution is -0.380. The van der Waals surface area contributed by atoms with Gasteiger partial charge in [0.1, 0.15) is 0 Å². The third-order valence-electron chi connectivity index (χ3n) is 4.50. The monoisotopic (exact) mass is 309 g/mol. The van der Waals surface area contributed by atoms with Crippen molar-refractivity contribution in [2.75, 3.05) is 6.54 Å². The van der Waals surface area contributed by atoms with Gasteiger partial charge in [0, 0.05) is 36.1 Å². The first-order valence-corrected chi connectivity index (χ1v) is 8.26. The summed E-state index contributed by atoms with van der Waals surface area (Å²) in [6.07, 6.45) is 4.36. The molecule has 2 bridgehead atoms. The molecule has 0 aliphatic carbocycles. The Bertz CT molecular complexity index is 547. The Labute approximate surface area is 127 Å². The molecule has 2 aliphatic heterocycles. The highest BCUT2D eigenvalue weighted by molar-refractivity contribution is 7.13. The van der Waals surface area contributed by atoms with Gasteiger partial charge in [0.15, 0.2) is 0 Å². The molecule has 0 radical (unpaired) electrons. The molecule has 2 fully saturated rings. The minimum absolute atomic E-state index is 0.0276. The van der Waals surface area contributed by atoms with Crippen molar-refractivity contribution < 1.29 is 9.72 Å². The van der Waals surface area contributed by atoms with Gasteiger partial charge in [-0.05, 0) is 32.6 Å². The minimum atomic E-state index is -0.442. The zero-order valence-electron chi connectivity index (χ0n) is 11.9. The van der Waals surface area contributed by atoms with Crippen molar-refractivity contribution in [1.29, 1.82) is 0 Å². The smallest absolute Gasteiger partial charge is 0.324 e. The van der Waals surface area contributed by atoms with Gasteiger partial charge >= 0.3 is 5.00 Å². The summed E-state index contributed by atoms with van der Waals surface area (Å²) in [6.45, 7) is 2.62. The van der Waals surface area contributed by atoms with E-state index >= 15 is 0 Å². The molecule has 1 N–H and O–H groups in total. The Balaban J connectivity index is 1.75. The molecular weight excluding hydrogens is 290 g/mol. The van der Waals surface area contributed by atoms with Crippen LogP contribution in [-0.4, -0.2) is 40.4 Å². The summed E-state index contributed by atoms with van der Waals surface area (Å²) in [5, 5.41) is 16.0. The predicted molar refractivity (Wildman–Crippen MR) is 80.7 cm³/mol. The second-order valence-electron chi connectivity index (χ2n) is 5.78. The van der Waals surface area contributed by atoms with Crippen molar-refractivity contribution in [2.24, 2.45) is 0 Å². The minimum Gasteiger partial charge on any atom is -0.336 e. The number of nitro groups is 1. The molecule has 7 heteroatoms. The van der Waals surface area contributed by atoms with Gasteiger partial charge in [-0.3, -0.25) is 14.9 Å². The Morgan fingerprint density at radius 1 is 1.48 bits per heavy atom. The number of fused-ring (bicyclic) bond motifs is 2. The Kier molecular flexibility index (Phi) is 3.95. The molecule has 114 valence electrons. The van der Waals surface area contributed by atoms with Crippen molar-refractivity contribution in [3.8, 4) is 0 Å². The summed E-state index contributed by atoms with van der Waals surface area (Å²) in [5.41, 5.74) is 0.444. The third kappa shape index (κ3) is 2.80. The van der Waals surface area contributed by atoms with E-state index < -0.39 is 4.92 Å². The van der Waals surface area contributed by atoms with E-state index in [4.69, 9.17) is 0 Å². The van der Waals surface area contributed by atoms with Crippen LogP contribution in [0.25, 0.3) is 0 Å². The zero-order valence-corrected chi connectivity index (χ0v) is 12.8. The van der Waals surface area contributed by atoms with Crippen LogP contribution in [0.5, 0.6) is 0 Å². The highest BCUT2D eigenvalue weighted by Crippen LogP contribution is 2.31. The number of carbonyl (C=O) groups is 1. The maximum absolute atomic E-state index is 12.6. The Morgan fingerprint density at radius 2 is 2.14 bits per heavy atom. The molecule has 2 aliphatic rings. The second kappa shape index (κ2) is 5.73. The molecule has 0 saturated carbocycles. The number of nitrogens with zero attached hydrogens (tertiary/aromatic N) is 2. The fraction of sp³-hybridized carbons (Fsp3) is 0.643. The van der Waals surface area contributed by atoms with Gasteiger partial charge in [0.25, 0.3) is 5.91 Å². The van der Waals surface area contributed by atoms with Crippen LogP contribution >= 0.6 is 11.3 Å². The topological polar surface area (TPSA) is 75.5 Å². The van der Waals surface area contributed by atoms with Gasteiger partial charge in [-0.2, -0.15) is 0 Å². The highest BCUT2D eigenvalue weighted by Gasteiger charge is 2.37. The van der Waals surface area contributed by atoms with Crippen LogP contribution in [0.2, 0.25) is 0 Å². The number of hydrogen-bond acceptors (Lipinski definition) is 5. The maximum Gasteiger partial charge on any atom is 0.324 e. The van der Waals surface area contributed by atoms with Gasteiger partial charge in [-0.15, -0.1) is 0 Å². The molecular formula is C14H19N3O3S. The molecule has 2 atom stereocenters. The van der Waals surface area contributed by atoms with Crippen molar-refractivity contribution >= 4 is 22.2 Å². The Hall–Kier alpha value is -1.47. The quantitative estimate of drug-likeness (QED) is 0.684. The van der Waals surface area contributed by atoms with E-state index in [1.165, 1.54) is 18.9 Å². The van der Waals surface area contributed by atoms with E-state index in [1.54, 1.807) is 5.38 Å². The molecule has 1 aromatic rings. The molecule has 0 aromatic carbocycles. The van der Waals surface area contributed by atoms with Crippen LogP contribution < -0.4 is 5.32 Å². The number of piperidine rings is 1. The van der Waals surface area contributed by atoms with Crippen LogP contribution in [0, 0.1) is 10.1 Å². The lowest BCUT2D eigenvalue weighted by Crippen LogP contribution is -2.50. The summed E-state index contributed by atoms with van der Waals surface area (Å²) < 4.78 is 0. The lowest BCUT2D eigenvalue weighted by Gasteiger charge is -2.37. The zero-order chi connectivity index (χ0) is 15.0. The average Bonchev–Trinajstić information content (AvgIpc) is 3.07. The van der Waals surface area contributed by atoms with Crippen LogP contribution in [-0.2, 0) is 0 Å². The first-order chi connectivity index (χ1) is 10.1. The van der Waals surface area contributed by atoms with Gasteiger partial charge in [-0.25, -0.2) is 0 Å². The summed E-state index contributed by atoms with van der Waals surface area (Å²) in [4.78, 5) is 24.8. The van der Waals surface area contributed by atoms with E-state index in [0.717, 1.165) is 24.2 Å². The number of thiophene rings is 1. The number of hydrogen-bond donors (Lipinski definition) is 1. The molecule has 6 nitrogen and oxygen atoms in total. The highest BCUT2D eigenvalue weighted by atomic mass is 32.1. The molecule has 2 unspecified atom stereocenters. The van der Waals surface area contributed by atoms with Crippen LogP contribution in [0.1, 0.15) is 43.0 Å². The fourth-order valence-electron chi connectivity index (χ4n) is 3.55. The molecule has 21 heavy (non-hydrogen) atoms. The number of carbonyl (C=O) groups excluding carboxylic acids is 1. The summed E-state index contributed by atoms with van der Waals surface area (Å²) in [5.74, 6) is -0.0758. The van der Waals surface area contributed by atoms with Crippen molar-refractivity contribution in [2.45, 2.75) is 50.7 Å². The average molecular weight is 309 g/mol.